The van der Waals surface area contributed by atoms with Crippen LogP contribution in [-0.4, -0.2) is 21.9 Å². The molecule has 0 bridgehead atoms. The van der Waals surface area contributed by atoms with Gasteiger partial charge >= 0.3 is 0 Å². The Bertz CT molecular complexity index is 245. The maximum absolute atomic E-state index is 8.81. The van der Waals surface area contributed by atoms with Crippen LogP contribution in [0.5, 0.6) is 0 Å². The molecular weight excluding hydrogens is 156 g/mol. The molecule has 12 heavy (non-hydrogen) atoms. The van der Waals surface area contributed by atoms with E-state index >= 15 is 0 Å². The fraction of sp³-hybridized carbons (Fsp3) is 0.750. The van der Waals surface area contributed by atoms with Crippen molar-refractivity contribution in [2.45, 2.75) is 32.6 Å². The molecule has 0 aliphatic heterocycles. The molecule has 1 aromatic rings. The summed E-state index contributed by atoms with van der Waals surface area (Å²) in [5.74, 6) is 1.33. The fourth-order valence-corrected chi connectivity index (χ4v) is 0.757. The predicted octanol–water partition coefficient (Wildman–Crippen LogP) is 1.29. The van der Waals surface area contributed by atoms with Gasteiger partial charge in [0.15, 0.2) is 0 Å². The van der Waals surface area contributed by atoms with Crippen LogP contribution >= 0.6 is 0 Å². The molecule has 0 fully saturated rings. The van der Waals surface area contributed by atoms with Crippen molar-refractivity contribution in [1.29, 1.82) is 0 Å². The number of aliphatic hydroxyl groups is 1. The Hall–Kier alpha value is -0.900. The summed E-state index contributed by atoms with van der Waals surface area (Å²) in [6, 6.07) is 0. The zero-order valence-electron chi connectivity index (χ0n) is 7.61. The van der Waals surface area contributed by atoms with E-state index < -0.39 is 0 Å². The molecule has 68 valence electrons. The van der Waals surface area contributed by atoms with E-state index in [0.717, 1.165) is 0 Å². The molecule has 0 saturated carbocycles. The lowest BCUT2D eigenvalue weighted by atomic mass is 10.2. The van der Waals surface area contributed by atoms with Crippen molar-refractivity contribution >= 4 is 0 Å². The molecule has 0 spiro atoms. The topological polar surface area (TPSA) is 59.2 Å². The minimum absolute atomic E-state index is 0.0414. The summed E-state index contributed by atoms with van der Waals surface area (Å²) >= 11 is 0. The van der Waals surface area contributed by atoms with Crippen LogP contribution in [0.3, 0.4) is 0 Å². The van der Waals surface area contributed by atoms with Crippen molar-refractivity contribution < 1.29 is 9.52 Å². The molecule has 4 heteroatoms. The SMILES string of the molecule is CC(C)c1nnc(C(C)CO)o1. The maximum Gasteiger partial charge on any atom is 0.221 e. The molecule has 1 aromatic heterocycles. The van der Waals surface area contributed by atoms with Crippen LogP contribution < -0.4 is 0 Å². The highest BCUT2D eigenvalue weighted by molar-refractivity contribution is 4.91. The minimum Gasteiger partial charge on any atom is -0.425 e. The number of rotatable bonds is 3. The molecule has 0 aliphatic rings. The Kier molecular flexibility index (Phi) is 2.81. The van der Waals surface area contributed by atoms with Gasteiger partial charge in [0.05, 0.1) is 12.5 Å². The molecule has 1 atom stereocenters. The average molecular weight is 170 g/mol. The Balaban J connectivity index is 2.77. The van der Waals surface area contributed by atoms with E-state index in [0.29, 0.717) is 11.8 Å². The van der Waals surface area contributed by atoms with Crippen LogP contribution in [0.2, 0.25) is 0 Å². The molecular formula is C8H14N2O2. The van der Waals surface area contributed by atoms with Crippen molar-refractivity contribution in [1.82, 2.24) is 10.2 Å². The van der Waals surface area contributed by atoms with Crippen LogP contribution in [0.15, 0.2) is 4.42 Å². The van der Waals surface area contributed by atoms with E-state index in [9.17, 15) is 0 Å². The van der Waals surface area contributed by atoms with E-state index in [4.69, 9.17) is 9.52 Å². The Morgan fingerprint density at radius 1 is 1.25 bits per heavy atom. The monoisotopic (exact) mass is 170 g/mol. The van der Waals surface area contributed by atoms with Crippen LogP contribution in [0.25, 0.3) is 0 Å². The number of hydrogen-bond donors (Lipinski definition) is 1. The quantitative estimate of drug-likeness (QED) is 0.742. The molecule has 1 rings (SSSR count). The number of hydrogen-bond acceptors (Lipinski definition) is 4. The van der Waals surface area contributed by atoms with Gasteiger partial charge in [0.25, 0.3) is 0 Å². The Labute approximate surface area is 71.6 Å². The van der Waals surface area contributed by atoms with Crippen LogP contribution in [0.4, 0.5) is 0 Å². The van der Waals surface area contributed by atoms with E-state index in [1.54, 1.807) is 0 Å². The number of nitrogens with zero attached hydrogens (tertiary/aromatic N) is 2. The van der Waals surface area contributed by atoms with Crippen LogP contribution in [0, 0.1) is 0 Å². The highest BCUT2D eigenvalue weighted by Crippen LogP contribution is 2.17. The lowest BCUT2D eigenvalue weighted by Gasteiger charge is -1.99. The van der Waals surface area contributed by atoms with Gasteiger partial charge < -0.3 is 9.52 Å². The maximum atomic E-state index is 8.81. The second-order valence-electron chi connectivity index (χ2n) is 3.22. The molecule has 1 unspecified atom stereocenters. The summed E-state index contributed by atoms with van der Waals surface area (Å²) < 4.78 is 5.32. The van der Waals surface area contributed by atoms with Gasteiger partial charge in [-0.2, -0.15) is 0 Å². The van der Waals surface area contributed by atoms with E-state index in [1.807, 2.05) is 20.8 Å². The van der Waals surface area contributed by atoms with Crippen molar-refractivity contribution in [3.05, 3.63) is 11.8 Å². The summed E-state index contributed by atoms with van der Waals surface area (Å²) in [6.07, 6.45) is 0. The Morgan fingerprint density at radius 2 is 1.83 bits per heavy atom. The lowest BCUT2D eigenvalue weighted by molar-refractivity contribution is 0.251. The number of aliphatic hydroxyl groups excluding tert-OH is 1. The zero-order chi connectivity index (χ0) is 9.14. The third-order valence-corrected chi connectivity index (χ3v) is 1.65. The van der Waals surface area contributed by atoms with E-state index in [1.165, 1.54) is 0 Å². The predicted molar refractivity (Wildman–Crippen MR) is 43.9 cm³/mol. The molecule has 0 amide bonds. The van der Waals surface area contributed by atoms with Gasteiger partial charge in [-0.25, -0.2) is 0 Å². The van der Waals surface area contributed by atoms with E-state index in [-0.39, 0.29) is 18.4 Å². The van der Waals surface area contributed by atoms with Gasteiger partial charge in [-0.1, -0.05) is 20.8 Å². The first-order valence-electron chi connectivity index (χ1n) is 4.09. The Morgan fingerprint density at radius 3 is 2.25 bits per heavy atom. The molecule has 1 N–H and O–H groups in total. The second kappa shape index (κ2) is 3.67. The summed E-state index contributed by atoms with van der Waals surface area (Å²) in [7, 11) is 0. The van der Waals surface area contributed by atoms with Gasteiger partial charge in [-0.15, -0.1) is 10.2 Å². The van der Waals surface area contributed by atoms with E-state index in [2.05, 4.69) is 10.2 Å². The molecule has 0 aromatic carbocycles. The van der Waals surface area contributed by atoms with Crippen molar-refractivity contribution in [2.24, 2.45) is 0 Å². The zero-order valence-corrected chi connectivity index (χ0v) is 7.61. The molecule has 0 radical (unpaired) electrons. The van der Waals surface area contributed by atoms with Crippen LogP contribution in [-0.2, 0) is 0 Å². The molecule has 0 aliphatic carbocycles. The second-order valence-corrected chi connectivity index (χ2v) is 3.22. The van der Waals surface area contributed by atoms with Crippen molar-refractivity contribution in [3.63, 3.8) is 0 Å². The normalized spacial score (nSPS) is 13.8. The fourth-order valence-electron chi connectivity index (χ4n) is 0.757. The summed E-state index contributed by atoms with van der Waals surface area (Å²) in [5, 5.41) is 16.5. The summed E-state index contributed by atoms with van der Waals surface area (Å²) in [6.45, 7) is 5.86. The lowest BCUT2D eigenvalue weighted by Crippen LogP contribution is -1.98. The highest BCUT2D eigenvalue weighted by atomic mass is 16.4. The molecule has 0 saturated heterocycles. The largest absolute Gasteiger partial charge is 0.425 e. The number of aromatic nitrogens is 2. The van der Waals surface area contributed by atoms with Crippen molar-refractivity contribution in [3.8, 4) is 0 Å². The van der Waals surface area contributed by atoms with Gasteiger partial charge in [-0.05, 0) is 0 Å². The van der Waals surface area contributed by atoms with Gasteiger partial charge in [0, 0.05) is 5.92 Å². The smallest absolute Gasteiger partial charge is 0.221 e. The third-order valence-electron chi connectivity index (χ3n) is 1.65. The third kappa shape index (κ3) is 1.82. The van der Waals surface area contributed by atoms with Crippen molar-refractivity contribution in [2.75, 3.05) is 6.61 Å². The summed E-state index contributed by atoms with van der Waals surface area (Å²) in [4.78, 5) is 0. The highest BCUT2D eigenvalue weighted by Gasteiger charge is 2.14. The molecule has 1 heterocycles. The standard InChI is InChI=1S/C8H14N2O2/c1-5(2)7-9-10-8(12-7)6(3)4-11/h5-6,11H,4H2,1-3H3. The first-order chi connectivity index (χ1) is 5.65. The van der Waals surface area contributed by atoms with Crippen LogP contribution in [0.1, 0.15) is 44.4 Å². The van der Waals surface area contributed by atoms with Gasteiger partial charge in [0.1, 0.15) is 0 Å². The van der Waals surface area contributed by atoms with Gasteiger partial charge in [0.2, 0.25) is 11.8 Å². The average Bonchev–Trinajstić information content (AvgIpc) is 2.51. The van der Waals surface area contributed by atoms with Gasteiger partial charge in [-0.3, -0.25) is 0 Å². The minimum atomic E-state index is -0.0648. The first-order valence-corrected chi connectivity index (χ1v) is 4.09. The summed E-state index contributed by atoms with van der Waals surface area (Å²) in [5.41, 5.74) is 0. The first kappa shape index (κ1) is 9.19. The molecule has 4 nitrogen and oxygen atoms in total.